The van der Waals surface area contributed by atoms with Crippen LogP contribution in [0.15, 0.2) is 42.5 Å². The lowest BCUT2D eigenvalue weighted by atomic mass is 10.2. The molecule has 0 bridgehead atoms. The number of nitrogens with one attached hydrogen (secondary N) is 2. The Labute approximate surface area is 170 Å². The molecule has 3 rings (SSSR count). The molecule has 8 nitrogen and oxygen atoms in total. The van der Waals surface area contributed by atoms with Crippen LogP contribution in [-0.2, 0) is 11.3 Å². The Hall–Kier alpha value is -2.97. The zero-order valence-corrected chi connectivity index (χ0v) is 16.5. The molecule has 154 valence electrons. The van der Waals surface area contributed by atoms with Gasteiger partial charge in [-0.2, -0.15) is 0 Å². The van der Waals surface area contributed by atoms with Gasteiger partial charge in [0, 0.05) is 32.7 Å². The summed E-state index contributed by atoms with van der Waals surface area (Å²) in [5.74, 6) is 0.140. The molecule has 2 amide bonds. The van der Waals surface area contributed by atoms with Crippen molar-refractivity contribution in [3.8, 4) is 5.75 Å². The fraction of sp³-hybridized carbons (Fsp3) is 0.381. The monoisotopic (exact) mass is 398 g/mol. The van der Waals surface area contributed by atoms with Crippen LogP contribution in [0.2, 0.25) is 0 Å². The van der Waals surface area contributed by atoms with E-state index in [2.05, 4.69) is 20.5 Å². The topological polar surface area (TPSA) is 92.8 Å². The highest BCUT2D eigenvalue weighted by molar-refractivity contribution is 5.96. The van der Waals surface area contributed by atoms with Gasteiger partial charge in [0.2, 0.25) is 0 Å². The molecule has 2 aromatic rings. The number of nitrogens with zero attached hydrogens (tertiary/aromatic N) is 2. The van der Waals surface area contributed by atoms with E-state index in [1.807, 2.05) is 24.3 Å². The highest BCUT2D eigenvalue weighted by atomic mass is 16.5. The van der Waals surface area contributed by atoms with Crippen molar-refractivity contribution in [1.82, 2.24) is 20.5 Å². The molecule has 0 aliphatic carbocycles. The second-order valence-corrected chi connectivity index (χ2v) is 6.65. The Morgan fingerprint density at radius 2 is 1.69 bits per heavy atom. The first-order valence-corrected chi connectivity index (χ1v) is 9.62. The van der Waals surface area contributed by atoms with Crippen molar-refractivity contribution < 1.29 is 19.1 Å². The van der Waals surface area contributed by atoms with Gasteiger partial charge in [-0.05, 0) is 29.8 Å². The van der Waals surface area contributed by atoms with Gasteiger partial charge in [0.1, 0.15) is 17.1 Å². The molecular weight excluding hydrogens is 372 g/mol. The summed E-state index contributed by atoms with van der Waals surface area (Å²) in [6, 6.07) is 12.3. The number of hydrogen-bond donors (Lipinski definition) is 2. The van der Waals surface area contributed by atoms with Gasteiger partial charge in [-0.25, -0.2) is 4.98 Å². The molecule has 1 aromatic carbocycles. The molecule has 1 fully saturated rings. The number of amides is 2. The van der Waals surface area contributed by atoms with E-state index >= 15 is 0 Å². The Balaban J connectivity index is 1.49. The maximum atomic E-state index is 12.4. The second kappa shape index (κ2) is 10.5. The van der Waals surface area contributed by atoms with Crippen molar-refractivity contribution >= 4 is 11.8 Å². The van der Waals surface area contributed by atoms with Gasteiger partial charge in [0.15, 0.2) is 0 Å². The van der Waals surface area contributed by atoms with Gasteiger partial charge in [-0.1, -0.05) is 18.2 Å². The number of carbonyl (C=O) groups is 2. The summed E-state index contributed by atoms with van der Waals surface area (Å²) < 4.78 is 10.4. The van der Waals surface area contributed by atoms with E-state index < -0.39 is 0 Å². The molecule has 29 heavy (non-hydrogen) atoms. The van der Waals surface area contributed by atoms with Crippen molar-refractivity contribution in [2.75, 3.05) is 46.5 Å². The fourth-order valence-corrected chi connectivity index (χ4v) is 2.95. The minimum Gasteiger partial charge on any atom is -0.497 e. The molecular formula is C21H26N4O4. The third-order valence-corrected chi connectivity index (χ3v) is 4.64. The second-order valence-electron chi connectivity index (χ2n) is 6.65. The summed E-state index contributed by atoms with van der Waals surface area (Å²) in [5.41, 5.74) is 1.37. The minimum absolute atomic E-state index is 0.208. The smallest absolute Gasteiger partial charge is 0.270 e. The summed E-state index contributed by atoms with van der Waals surface area (Å²) in [6.45, 7) is 4.84. The average Bonchev–Trinajstić information content (AvgIpc) is 2.78. The number of rotatable bonds is 8. The Morgan fingerprint density at radius 1 is 1.03 bits per heavy atom. The summed E-state index contributed by atoms with van der Waals surface area (Å²) in [5, 5.41) is 5.67. The van der Waals surface area contributed by atoms with Crippen LogP contribution in [0.1, 0.15) is 26.5 Å². The first-order chi connectivity index (χ1) is 14.2. The zero-order valence-electron chi connectivity index (χ0n) is 16.5. The molecule has 1 aliphatic heterocycles. The molecule has 2 N–H and O–H groups in total. The van der Waals surface area contributed by atoms with Gasteiger partial charge >= 0.3 is 0 Å². The molecule has 0 saturated carbocycles. The molecule has 0 unspecified atom stereocenters. The molecule has 1 saturated heterocycles. The largest absolute Gasteiger partial charge is 0.497 e. The zero-order chi connectivity index (χ0) is 20.5. The lowest BCUT2D eigenvalue weighted by molar-refractivity contribution is 0.0383. The van der Waals surface area contributed by atoms with Crippen molar-refractivity contribution in [1.29, 1.82) is 0 Å². The quantitative estimate of drug-likeness (QED) is 0.691. The molecule has 0 atom stereocenters. The van der Waals surface area contributed by atoms with E-state index in [0.717, 1.165) is 44.2 Å². The van der Waals surface area contributed by atoms with Crippen LogP contribution < -0.4 is 15.4 Å². The van der Waals surface area contributed by atoms with Gasteiger partial charge in [0.05, 0.1) is 20.3 Å². The van der Waals surface area contributed by atoms with Gasteiger partial charge < -0.3 is 20.1 Å². The third-order valence-electron chi connectivity index (χ3n) is 4.64. The maximum absolute atomic E-state index is 12.4. The lowest BCUT2D eigenvalue weighted by Gasteiger charge is -2.26. The maximum Gasteiger partial charge on any atom is 0.270 e. The minimum atomic E-state index is -0.330. The average molecular weight is 398 g/mol. The number of pyridine rings is 1. The van der Waals surface area contributed by atoms with Gasteiger partial charge in [-0.3, -0.25) is 14.5 Å². The molecule has 0 spiro atoms. The number of carbonyl (C=O) groups excluding carboxylic acids is 2. The van der Waals surface area contributed by atoms with Crippen LogP contribution in [0.5, 0.6) is 5.75 Å². The lowest BCUT2D eigenvalue weighted by Crippen LogP contribution is -2.41. The number of benzene rings is 1. The van der Waals surface area contributed by atoms with Crippen LogP contribution in [0.3, 0.4) is 0 Å². The predicted molar refractivity (Wildman–Crippen MR) is 108 cm³/mol. The Morgan fingerprint density at radius 3 is 2.34 bits per heavy atom. The SMILES string of the molecule is COc1ccc(CNC(=O)c2cccc(C(=O)NCCN3CCOCC3)n2)cc1. The number of ether oxygens (including phenoxy) is 2. The van der Waals surface area contributed by atoms with Crippen LogP contribution >= 0.6 is 0 Å². The van der Waals surface area contributed by atoms with E-state index in [1.54, 1.807) is 25.3 Å². The molecule has 0 radical (unpaired) electrons. The van der Waals surface area contributed by atoms with Crippen LogP contribution in [0.25, 0.3) is 0 Å². The molecule has 1 aromatic heterocycles. The van der Waals surface area contributed by atoms with E-state index in [4.69, 9.17) is 9.47 Å². The number of methoxy groups -OCH3 is 1. The van der Waals surface area contributed by atoms with Gasteiger partial charge in [-0.15, -0.1) is 0 Å². The Bertz CT molecular complexity index is 820. The van der Waals surface area contributed by atoms with Gasteiger partial charge in [0.25, 0.3) is 11.8 Å². The Kier molecular flexibility index (Phi) is 7.54. The number of hydrogen-bond acceptors (Lipinski definition) is 6. The summed E-state index contributed by atoms with van der Waals surface area (Å²) >= 11 is 0. The van der Waals surface area contributed by atoms with E-state index in [9.17, 15) is 9.59 Å². The predicted octanol–water partition coefficient (Wildman–Crippen LogP) is 1.08. The molecule has 8 heteroatoms. The molecule has 1 aliphatic rings. The van der Waals surface area contributed by atoms with Crippen LogP contribution in [-0.4, -0.2) is 68.2 Å². The number of morpholine rings is 1. The van der Waals surface area contributed by atoms with Crippen molar-refractivity contribution in [2.45, 2.75) is 6.54 Å². The van der Waals surface area contributed by atoms with Crippen molar-refractivity contribution in [2.24, 2.45) is 0 Å². The highest BCUT2D eigenvalue weighted by Gasteiger charge is 2.14. The normalized spacial score (nSPS) is 14.2. The van der Waals surface area contributed by atoms with E-state index in [-0.39, 0.29) is 23.2 Å². The summed E-state index contributed by atoms with van der Waals surface area (Å²) in [4.78, 5) is 31.2. The first kappa shape index (κ1) is 20.8. The van der Waals surface area contributed by atoms with E-state index in [1.165, 1.54) is 0 Å². The fourth-order valence-electron chi connectivity index (χ4n) is 2.95. The third kappa shape index (κ3) is 6.27. The summed E-state index contributed by atoms with van der Waals surface area (Å²) in [7, 11) is 1.61. The van der Waals surface area contributed by atoms with E-state index in [0.29, 0.717) is 13.1 Å². The highest BCUT2D eigenvalue weighted by Crippen LogP contribution is 2.11. The number of aromatic nitrogens is 1. The standard InChI is InChI=1S/C21H26N4O4/c1-28-17-7-5-16(6-8-17)15-23-21(27)19-4-2-3-18(24-19)20(26)22-9-10-25-11-13-29-14-12-25/h2-8H,9-15H2,1H3,(H,22,26)(H,23,27). The van der Waals surface area contributed by atoms with Crippen molar-refractivity contribution in [3.05, 3.63) is 59.4 Å². The van der Waals surface area contributed by atoms with Crippen LogP contribution in [0, 0.1) is 0 Å². The van der Waals surface area contributed by atoms with Crippen LogP contribution in [0.4, 0.5) is 0 Å². The summed E-state index contributed by atoms with van der Waals surface area (Å²) in [6.07, 6.45) is 0. The van der Waals surface area contributed by atoms with Crippen molar-refractivity contribution in [3.63, 3.8) is 0 Å². The first-order valence-electron chi connectivity index (χ1n) is 9.62. The molecule has 2 heterocycles.